The van der Waals surface area contributed by atoms with Crippen molar-refractivity contribution in [1.29, 1.82) is 0 Å². The van der Waals surface area contributed by atoms with Crippen LogP contribution in [0.4, 0.5) is 5.69 Å². The first-order valence-electron chi connectivity index (χ1n) is 10.6. The van der Waals surface area contributed by atoms with Crippen molar-refractivity contribution in [3.05, 3.63) is 71.8 Å². The molecule has 0 saturated carbocycles. The van der Waals surface area contributed by atoms with Crippen LogP contribution in [0.1, 0.15) is 27.1 Å². The number of fused-ring (bicyclic) bond motifs is 2. The minimum atomic E-state index is -3.83. The lowest BCUT2D eigenvalue weighted by atomic mass is 10.1. The summed E-state index contributed by atoms with van der Waals surface area (Å²) in [4.78, 5) is 49.1. The van der Waals surface area contributed by atoms with E-state index in [0.29, 0.717) is 0 Å². The van der Waals surface area contributed by atoms with Crippen LogP contribution in [0.25, 0.3) is 10.8 Å². The molecule has 0 bridgehead atoms. The Kier molecular flexibility index (Phi) is 6.63. The number of nitrogens with one attached hydrogen (secondary N) is 2. The first-order chi connectivity index (χ1) is 16.7. The zero-order valence-electron chi connectivity index (χ0n) is 18.6. The molecule has 0 spiro atoms. The van der Waals surface area contributed by atoms with Gasteiger partial charge in [-0.25, -0.2) is 13.1 Å². The van der Waals surface area contributed by atoms with E-state index in [-0.39, 0.29) is 34.7 Å². The molecule has 0 atom stereocenters. The fourth-order valence-corrected chi connectivity index (χ4v) is 4.63. The van der Waals surface area contributed by atoms with Crippen LogP contribution in [0.5, 0.6) is 0 Å². The molecule has 0 aliphatic carbocycles. The van der Waals surface area contributed by atoms with Gasteiger partial charge in [-0.2, -0.15) is 0 Å². The van der Waals surface area contributed by atoms with Crippen LogP contribution >= 0.6 is 0 Å². The lowest BCUT2D eigenvalue weighted by Gasteiger charge is -2.09. The molecule has 0 fully saturated rings. The van der Waals surface area contributed by atoms with Crippen LogP contribution in [0.15, 0.2) is 65.6 Å². The SMILES string of the molecule is CN1C(=O)c2ccc(NC(=O)COC(=O)CCNS(=O)(=O)c3ccc4ccccc4c3)cc2C1=O. The van der Waals surface area contributed by atoms with Gasteiger partial charge in [0.25, 0.3) is 17.7 Å². The van der Waals surface area contributed by atoms with Gasteiger partial charge in [-0.3, -0.25) is 24.1 Å². The monoisotopic (exact) mass is 495 g/mol. The third kappa shape index (κ3) is 5.20. The van der Waals surface area contributed by atoms with Crippen molar-refractivity contribution in [2.45, 2.75) is 11.3 Å². The van der Waals surface area contributed by atoms with Gasteiger partial charge in [0.2, 0.25) is 10.0 Å². The number of amides is 3. The van der Waals surface area contributed by atoms with Crippen molar-refractivity contribution in [2.75, 3.05) is 25.5 Å². The molecule has 11 heteroatoms. The minimum absolute atomic E-state index is 0.0738. The summed E-state index contributed by atoms with van der Waals surface area (Å²) in [5.41, 5.74) is 0.684. The highest BCUT2D eigenvalue weighted by Gasteiger charge is 2.32. The number of carbonyl (C=O) groups excluding carboxylic acids is 4. The normalized spacial score (nSPS) is 13.1. The maximum atomic E-state index is 12.5. The molecule has 10 nitrogen and oxygen atoms in total. The molecule has 1 aliphatic rings. The highest BCUT2D eigenvalue weighted by atomic mass is 32.2. The van der Waals surface area contributed by atoms with Gasteiger partial charge in [0, 0.05) is 19.3 Å². The first kappa shape index (κ1) is 24.0. The average Bonchev–Trinajstić information content (AvgIpc) is 3.06. The van der Waals surface area contributed by atoms with Crippen molar-refractivity contribution >= 4 is 50.2 Å². The first-order valence-corrected chi connectivity index (χ1v) is 12.0. The summed E-state index contributed by atoms with van der Waals surface area (Å²) in [6.45, 7) is -0.801. The number of imide groups is 1. The Morgan fingerprint density at radius 1 is 0.914 bits per heavy atom. The van der Waals surface area contributed by atoms with E-state index in [1.165, 1.54) is 31.3 Å². The van der Waals surface area contributed by atoms with Crippen molar-refractivity contribution in [1.82, 2.24) is 9.62 Å². The van der Waals surface area contributed by atoms with Gasteiger partial charge in [0.05, 0.1) is 22.4 Å². The number of sulfonamides is 1. The zero-order chi connectivity index (χ0) is 25.2. The lowest BCUT2D eigenvalue weighted by molar-refractivity contribution is -0.147. The third-order valence-corrected chi connectivity index (χ3v) is 6.85. The Bertz CT molecular complexity index is 1470. The van der Waals surface area contributed by atoms with Crippen LogP contribution in [0, 0.1) is 0 Å². The van der Waals surface area contributed by atoms with Crippen LogP contribution in [0.3, 0.4) is 0 Å². The van der Waals surface area contributed by atoms with Gasteiger partial charge in [0.15, 0.2) is 6.61 Å². The van der Waals surface area contributed by atoms with E-state index in [9.17, 15) is 27.6 Å². The Morgan fingerprint density at radius 3 is 2.40 bits per heavy atom. The Balaban J connectivity index is 1.24. The lowest BCUT2D eigenvalue weighted by Crippen LogP contribution is -2.28. The number of hydrogen-bond acceptors (Lipinski definition) is 7. The van der Waals surface area contributed by atoms with E-state index in [0.717, 1.165) is 15.7 Å². The van der Waals surface area contributed by atoms with Gasteiger partial charge in [-0.05, 0) is 41.1 Å². The standard InChI is InChI=1S/C24H21N3O7S/c1-27-23(30)19-9-7-17(13-20(19)24(27)31)26-21(28)14-34-22(29)10-11-25-35(32,33)18-8-6-15-4-2-3-5-16(15)12-18/h2-9,12-13,25H,10-11,14H2,1H3,(H,26,28). The van der Waals surface area contributed by atoms with E-state index < -0.39 is 40.3 Å². The fraction of sp³-hybridized carbons (Fsp3) is 0.167. The molecule has 0 radical (unpaired) electrons. The Hall–Kier alpha value is -4.09. The largest absolute Gasteiger partial charge is 0.456 e. The number of esters is 1. The molecule has 3 amide bonds. The summed E-state index contributed by atoms with van der Waals surface area (Å²) in [5, 5.41) is 4.16. The molecule has 0 saturated heterocycles. The highest BCUT2D eigenvalue weighted by Crippen LogP contribution is 2.24. The molecule has 1 aliphatic heterocycles. The number of rotatable bonds is 8. The summed E-state index contributed by atoms with van der Waals surface area (Å²) in [6, 6.07) is 16.3. The number of nitrogens with zero attached hydrogens (tertiary/aromatic N) is 1. The quantitative estimate of drug-likeness (QED) is 0.359. The van der Waals surface area contributed by atoms with Crippen molar-refractivity contribution in [3.8, 4) is 0 Å². The fourth-order valence-electron chi connectivity index (χ4n) is 3.56. The number of carbonyl (C=O) groups is 4. The summed E-state index contributed by atoms with van der Waals surface area (Å²) in [6.07, 6.45) is -0.276. The molecular formula is C24H21N3O7S. The second-order valence-corrected chi connectivity index (χ2v) is 9.56. The average molecular weight is 496 g/mol. The van der Waals surface area contributed by atoms with Crippen molar-refractivity contribution in [3.63, 3.8) is 0 Å². The summed E-state index contributed by atoms with van der Waals surface area (Å²) in [5.74, 6) is -2.32. The molecule has 3 aromatic carbocycles. The predicted octanol–water partition coefficient (Wildman–Crippen LogP) is 1.92. The van der Waals surface area contributed by atoms with Crippen LogP contribution in [0.2, 0.25) is 0 Å². The molecule has 180 valence electrons. The van der Waals surface area contributed by atoms with E-state index in [4.69, 9.17) is 4.74 Å². The molecule has 0 aromatic heterocycles. The van der Waals surface area contributed by atoms with E-state index in [1.807, 2.05) is 18.2 Å². The third-order valence-electron chi connectivity index (χ3n) is 5.39. The molecule has 4 rings (SSSR count). The van der Waals surface area contributed by atoms with Crippen molar-refractivity contribution in [2.24, 2.45) is 0 Å². The number of hydrogen-bond donors (Lipinski definition) is 2. The predicted molar refractivity (Wildman–Crippen MR) is 126 cm³/mol. The van der Waals surface area contributed by atoms with Crippen LogP contribution in [-0.4, -0.2) is 57.2 Å². The maximum absolute atomic E-state index is 12.5. The second kappa shape index (κ2) is 9.65. The molecule has 35 heavy (non-hydrogen) atoms. The van der Waals surface area contributed by atoms with Gasteiger partial charge >= 0.3 is 5.97 Å². The summed E-state index contributed by atoms with van der Waals surface area (Å²) < 4.78 is 32.2. The molecule has 3 aromatic rings. The van der Waals surface area contributed by atoms with Gasteiger partial charge in [0.1, 0.15) is 0 Å². The molecule has 0 unspecified atom stereocenters. The zero-order valence-corrected chi connectivity index (χ0v) is 19.4. The van der Waals surface area contributed by atoms with E-state index >= 15 is 0 Å². The number of ether oxygens (including phenoxy) is 1. The van der Waals surface area contributed by atoms with Gasteiger partial charge < -0.3 is 10.1 Å². The van der Waals surface area contributed by atoms with Crippen molar-refractivity contribution < 1.29 is 32.3 Å². The van der Waals surface area contributed by atoms with E-state index in [2.05, 4.69) is 10.0 Å². The van der Waals surface area contributed by atoms with Gasteiger partial charge in [-0.15, -0.1) is 0 Å². The summed E-state index contributed by atoms with van der Waals surface area (Å²) in [7, 11) is -2.46. The molecular weight excluding hydrogens is 474 g/mol. The molecule has 2 N–H and O–H groups in total. The topological polar surface area (TPSA) is 139 Å². The highest BCUT2D eigenvalue weighted by molar-refractivity contribution is 7.89. The smallest absolute Gasteiger partial charge is 0.307 e. The Morgan fingerprint density at radius 2 is 1.63 bits per heavy atom. The van der Waals surface area contributed by atoms with Crippen LogP contribution in [-0.2, 0) is 24.3 Å². The van der Waals surface area contributed by atoms with E-state index in [1.54, 1.807) is 18.2 Å². The number of benzene rings is 3. The molecule has 1 heterocycles. The maximum Gasteiger partial charge on any atom is 0.307 e. The minimum Gasteiger partial charge on any atom is -0.456 e. The second-order valence-electron chi connectivity index (χ2n) is 7.80. The van der Waals surface area contributed by atoms with Crippen LogP contribution < -0.4 is 10.0 Å². The van der Waals surface area contributed by atoms with Gasteiger partial charge in [-0.1, -0.05) is 30.3 Å². The summed E-state index contributed by atoms with van der Waals surface area (Å²) >= 11 is 0. The number of anilines is 1. The Labute approximate surface area is 200 Å².